The summed E-state index contributed by atoms with van der Waals surface area (Å²) in [7, 11) is 0. The van der Waals surface area contributed by atoms with Gasteiger partial charge in [-0.2, -0.15) is 0 Å². The zero-order chi connectivity index (χ0) is 15.7. The van der Waals surface area contributed by atoms with Gasteiger partial charge in [0.25, 0.3) is 5.91 Å². The van der Waals surface area contributed by atoms with E-state index < -0.39 is 0 Å². The summed E-state index contributed by atoms with van der Waals surface area (Å²) in [6.45, 7) is 8.55. The molecule has 6 heteroatoms. The van der Waals surface area contributed by atoms with Crippen LogP contribution < -0.4 is 4.90 Å². The molecule has 0 saturated carbocycles. The van der Waals surface area contributed by atoms with E-state index in [1.807, 2.05) is 31.7 Å². The van der Waals surface area contributed by atoms with Crippen LogP contribution in [0.5, 0.6) is 0 Å². The molecule has 3 rings (SSSR count). The van der Waals surface area contributed by atoms with E-state index in [2.05, 4.69) is 14.9 Å². The molecule has 0 unspecified atom stereocenters. The van der Waals surface area contributed by atoms with Gasteiger partial charge in [0.1, 0.15) is 17.4 Å². The highest BCUT2D eigenvalue weighted by Crippen LogP contribution is 2.20. The second-order valence-electron chi connectivity index (χ2n) is 5.59. The van der Waals surface area contributed by atoms with Crippen molar-refractivity contribution in [2.75, 3.05) is 31.1 Å². The van der Waals surface area contributed by atoms with Gasteiger partial charge in [-0.15, -0.1) is 0 Å². The Hall–Kier alpha value is -2.37. The smallest absolute Gasteiger partial charge is 0.257 e. The molecule has 2 aromatic rings. The summed E-state index contributed by atoms with van der Waals surface area (Å²) in [5.41, 5.74) is 1.60. The van der Waals surface area contributed by atoms with Crippen LogP contribution in [0.25, 0.3) is 0 Å². The van der Waals surface area contributed by atoms with Gasteiger partial charge in [0.15, 0.2) is 0 Å². The highest BCUT2D eigenvalue weighted by Gasteiger charge is 2.26. The lowest BCUT2D eigenvalue weighted by Gasteiger charge is -2.35. The first-order chi connectivity index (χ1) is 10.6. The molecule has 0 N–H and O–H groups in total. The molecule has 0 spiro atoms. The molecular formula is C16H20N4O2. The molecule has 0 atom stereocenters. The maximum Gasteiger partial charge on any atom is 0.257 e. The van der Waals surface area contributed by atoms with E-state index in [-0.39, 0.29) is 5.91 Å². The molecule has 3 heterocycles. The lowest BCUT2D eigenvalue weighted by atomic mass is 10.1. The summed E-state index contributed by atoms with van der Waals surface area (Å²) in [6, 6.07) is 1.91. The van der Waals surface area contributed by atoms with Gasteiger partial charge in [-0.3, -0.25) is 4.79 Å². The van der Waals surface area contributed by atoms with Crippen LogP contribution >= 0.6 is 0 Å². The van der Waals surface area contributed by atoms with Crippen LogP contribution in [0.1, 0.15) is 27.5 Å². The fourth-order valence-corrected chi connectivity index (χ4v) is 2.81. The van der Waals surface area contributed by atoms with Gasteiger partial charge in [0.2, 0.25) is 0 Å². The third-order valence-corrected chi connectivity index (χ3v) is 4.02. The number of carbonyl (C=O) groups is 1. The van der Waals surface area contributed by atoms with Crippen LogP contribution in [0, 0.1) is 20.8 Å². The van der Waals surface area contributed by atoms with Crippen LogP contribution in [0.15, 0.2) is 22.9 Å². The third-order valence-electron chi connectivity index (χ3n) is 4.02. The van der Waals surface area contributed by atoms with Gasteiger partial charge < -0.3 is 14.2 Å². The van der Waals surface area contributed by atoms with Crippen molar-refractivity contribution in [3.05, 3.63) is 41.2 Å². The number of hydrogen-bond acceptors (Lipinski definition) is 5. The molecule has 0 aliphatic carbocycles. The number of nitrogens with zero attached hydrogens (tertiary/aromatic N) is 4. The summed E-state index contributed by atoms with van der Waals surface area (Å²) >= 11 is 0. The topological polar surface area (TPSA) is 62.5 Å². The Morgan fingerprint density at radius 2 is 1.91 bits per heavy atom. The van der Waals surface area contributed by atoms with Crippen LogP contribution in [0.4, 0.5) is 5.82 Å². The number of furan rings is 1. The van der Waals surface area contributed by atoms with E-state index in [0.717, 1.165) is 30.3 Å². The predicted molar refractivity (Wildman–Crippen MR) is 83.1 cm³/mol. The minimum atomic E-state index is 0.0577. The van der Waals surface area contributed by atoms with Crippen molar-refractivity contribution in [2.45, 2.75) is 20.8 Å². The third kappa shape index (κ3) is 2.68. The second-order valence-corrected chi connectivity index (χ2v) is 5.59. The molecule has 1 fully saturated rings. The lowest BCUT2D eigenvalue weighted by molar-refractivity contribution is 0.0744. The first-order valence-corrected chi connectivity index (χ1v) is 7.45. The average Bonchev–Trinajstić information content (AvgIpc) is 2.86. The summed E-state index contributed by atoms with van der Waals surface area (Å²) in [4.78, 5) is 25.3. The molecule has 0 aromatic carbocycles. The van der Waals surface area contributed by atoms with Crippen LogP contribution in [0.3, 0.4) is 0 Å². The maximum atomic E-state index is 12.6. The minimum Gasteiger partial charge on any atom is -0.469 e. The van der Waals surface area contributed by atoms with Gasteiger partial charge >= 0.3 is 0 Å². The minimum absolute atomic E-state index is 0.0577. The molecule has 0 bridgehead atoms. The van der Waals surface area contributed by atoms with E-state index in [1.165, 1.54) is 0 Å². The quantitative estimate of drug-likeness (QED) is 0.848. The van der Waals surface area contributed by atoms with Gasteiger partial charge in [0, 0.05) is 37.9 Å². The average molecular weight is 300 g/mol. The van der Waals surface area contributed by atoms with Gasteiger partial charge in [-0.1, -0.05) is 0 Å². The predicted octanol–water partition coefficient (Wildman–Crippen LogP) is 1.96. The molecule has 0 radical (unpaired) electrons. The highest BCUT2D eigenvalue weighted by atomic mass is 16.3. The number of hydrogen-bond donors (Lipinski definition) is 0. The van der Waals surface area contributed by atoms with Crippen LogP contribution in [-0.2, 0) is 0 Å². The summed E-state index contributed by atoms with van der Waals surface area (Å²) < 4.78 is 5.34. The number of anilines is 1. The van der Waals surface area contributed by atoms with E-state index in [4.69, 9.17) is 4.42 Å². The van der Waals surface area contributed by atoms with Gasteiger partial charge in [-0.25, -0.2) is 9.97 Å². The highest BCUT2D eigenvalue weighted by molar-refractivity contribution is 5.96. The second kappa shape index (κ2) is 5.79. The molecule has 1 saturated heterocycles. The lowest BCUT2D eigenvalue weighted by Crippen LogP contribution is -2.49. The number of amides is 1. The molecule has 116 valence electrons. The molecule has 2 aromatic heterocycles. The van der Waals surface area contributed by atoms with Crippen molar-refractivity contribution in [3.8, 4) is 0 Å². The van der Waals surface area contributed by atoms with E-state index in [9.17, 15) is 4.79 Å². The van der Waals surface area contributed by atoms with Crippen molar-refractivity contribution in [2.24, 2.45) is 0 Å². The molecule has 6 nitrogen and oxygen atoms in total. The van der Waals surface area contributed by atoms with Crippen molar-refractivity contribution in [1.82, 2.24) is 14.9 Å². The number of aromatic nitrogens is 2. The SMILES string of the molecule is Cc1nccc(N2CCN(C(=O)c3c(C)coc3C)CC2)n1. The number of piperazine rings is 1. The number of carbonyl (C=O) groups excluding carboxylic acids is 1. The summed E-state index contributed by atoms with van der Waals surface area (Å²) in [5, 5.41) is 0. The normalized spacial score (nSPS) is 15.2. The molecule has 1 aliphatic heterocycles. The van der Waals surface area contributed by atoms with Crippen LogP contribution in [0.2, 0.25) is 0 Å². The standard InChI is InChI=1S/C16H20N4O2/c1-11-10-22-12(2)15(11)16(21)20-8-6-19(7-9-20)14-4-5-17-13(3)18-14/h4-5,10H,6-9H2,1-3H3. The van der Waals surface area contributed by atoms with Crippen LogP contribution in [-0.4, -0.2) is 47.0 Å². The Bertz CT molecular complexity index is 668. The largest absolute Gasteiger partial charge is 0.469 e. The van der Waals surface area contributed by atoms with Crippen molar-refractivity contribution < 1.29 is 9.21 Å². The Kier molecular flexibility index (Phi) is 3.83. The van der Waals surface area contributed by atoms with E-state index >= 15 is 0 Å². The van der Waals surface area contributed by atoms with E-state index in [0.29, 0.717) is 24.4 Å². The summed E-state index contributed by atoms with van der Waals surface area (Å²) in [6.07, 6.45) is 3.41. The molecule has 1 amide bonds. The first kappa shape index (κ1) is 14.6. The summed E-state index contributed by atoms with van der Waals surface area (Å²) in [5.74, 6) is 2.44. The van der Waals surface area contributed by atoms with Crippen molar-refractivity contribution >= 4 is 11.7 Å². The fourth-order valence-electron chi connectivity index (χ4n) is 2.81. The molecule has 1 aliphatic rings. The van der Waals surface area contributed by atoms with Crippen molar-refractivity contribution in [3.63, 3.8) is 0 Å². The number of aryl methyl sites for hydroxylation is 3. The fraction of sp³-hybridized carbons (Fsp3) is 0.438. The Balaban J connectivity index is 1.68. The van der Waals surface area contributed by atoms with E-state index in [1.54, 1.807) is 12.5 Å². The maximum absolute atomic E-state index is 12.6. The Labute approximate surface area is 129 Å². The zero-order valence-electron chi connectivity index (χ0n) is 13.2. The molecular weight excluding hydrogens is 280 g/mol. The Morgan fingerprint density at radius 3 is 2.50 bits per heavy atom. The van der Waals surface area contributed by atoms with Gasteiger partial charge in [-0.05, 0) is 26.8 Å². The Morgan fingerprint density at radius 1 is 1.18 bits per heavy atom. The zero-order valence-corrected chi connectivity index (χ0v) is 13.2. The molecule has 22 heavy (non-hydrogen) atoms. The first-order valence-electron chi connectivity index (χ1n) is 7.45. The monoisotopic (exact) mass is 300 g/mol. The number of rotatable bonds is 2. The van der Waals surface area contributed by atoms with Crippen molar-refractivity contribution in [1.29, 1.82) is 0 Å². The van der Waals surface area contributed by atoms with Gasteiger partial charge in [0.05, 0.1) is 11.8 Å².